The van der Waals surface area contributed by atoms with Gasteiger partial charge in [-0.25, -0.2) is 4.79 Å². The fraction of sp³-hybridized carbons (Fsp3) is 0.667. The molecule has 0 bridgehead atoms. The third-order valence-corrected chi connectivity index (χ3v) is 4.00. The molecule has 0 aromatic carbocycles. The standard InChI is InChI=1S/C15H23N3O4/c1-3-5-11(15(20)21)17-14(19)10-6-4-9-22-13(10)12-7-8-16-18(12)2/h7-8,10-11,13H,3-6,9H2,1-2H3,(H,17,19)(H,20,21)/t10-,11?,13-/m1/s1. The van der Waals surface area contributed by atoms with Crippen LogP contribution in [-0.2, 0) is 21.4 Å². The van der Waals surface area contributed by atoms with Gasteiger partial charge >= 0.3 is 5.97 Å². The number of amides is 1. The van der Waals surface area contributed by atoms with E-state index in [9.17, 15) is 14.7 Å². The molecule has 122 valence electrons. The van der Waals surface area contributed by atoms with Crippen molar-refractivity contribution in [3.05, 3.63) is 18.0 Å². The molecule has 2 heterocycles. The number of aromatic nitrogens is 2. The molecule has 1 unspecified atom stereocenters. The molecular formula is C15H23N3O4. The van der Waals surface area contributed by atoms with Gasteiger partial charge < -0.3 is 15.2 Å². The van der Waals surface area contributed by atoms with Gasteiger partial charge in [-0.15, -0.1) is 0 Å². The highest BCUT2D eigenvalue weighted by Gasteiger charge is 2.36. The van der Waals surface area contributed by atoms with Gasteiger partial charge in [-0.1, -0.05) is 13.3 Å². The van der Waals surface area contributed by atoms with E-state index in [0.29, 0.717) is 25.9 Å². The van der Waals surface area contributed by atoms with Crippen LogP contribution in [0.5, 0.6) is 0 Å². The number of carbonyl (C=O) groups is 2. The Labute approximate surface area is 129 Å². The maximum Gasteiger partial charge on any atom is 0.326 e. The quantitative estimate of drug-likeness (QED) is 0.825. The van der Waals surface area contributed by atoms with Gasteiger partial charge in [0.25, 0.3) is 0 Å². The second-order valence-corrected chi connectivity index (χ2v) is 5.61. The van der Waals surface area contributed by atoms with Crippen molar-refractivity contribution in [3.63, 3.8) is 0 Å². The first-order chi connectivity index (χ1) is 10.5. The Morgan fingerprint density at radius 1 is 1.59 bits per heavy atom. The number of rotatable bonds is 6. The van der Waals surface area contributed by atoms with E-state index in [4.69, 9.17) is 4.74 Å². The predicted octanol–water partition coefficient (Wildman–Crippen LogP) is 1.26. The van der Waals surface area contributed by atoms with Gasteiger partial charge in [0, 0.05) is 19.9 Å². The summed E-state index contributed by atoms with van der Waals surface area (Å²) in [7, 11) is 1.80. The number of carbonyl (C=O) groups excluding carboxylic acids is 1. The number of aliphatic carboxylic acids is 1. The fourth-order valence-electron chi connectivity index (χ4n) is 2.83. The Morgan fingerprint density at radius 3 is 2.95 bits per heavy atom. The summed E-state index contributed by atoms with van der Waals surface area (Å²) < 4.78 is 7.46. The molecule has 22 heavy (non-hydrogen) atoms. The maximum atomic E-state index is 12.5. The molecule has 2 rings (SSSR count). The minimum Gasteiger partial charge on any atom is -0.480 e. The van der Waals surface area contributed by atoms with Crippen molar-refractivity contribution in [3.8, 4) is 0 Å². The third-order valence-electron chi connectivity index (χ3n) is 4.00. The molecule has 1 aliphatic rings. The fourth-order valence-corrected chi connectivity index (χ4v) is 2.83. The monoisotopic (exact) mass is 309 g/mol. The Bertz CT molecular complexity index is 529. The first-order valence-electron chi connectivity index (χ1n) is 7.67. The number of hydrogen-bond acceptors (Lipinski definition) is 4. The Kier molecular flexibility index (Phi) is 5.54. The van der Waals surface area contributed by atoms with Crippen LogP contribution in [0.25, 0.3) is 0 Å². The van der Waals surface area contributed by atoms with Gasteiger partial charge in [0.05, 0.1) is 11.6 Å². The van der Waals surface area contributed by atoms with E-state index in [1.165, 1.54) is 0 Å². The highest BCUT2D eigenvalue weighted by atomic mass is 16.5. The van der Waals surface area contributed by atoms with Crippen LogP contribution in [0.3, 0.4) is 0 Å². The van der Waals surface area contributed by atoms with E-state index in [1.54, 1.807) is 17.9 Å². The zero-order valence-corrected chi connectivity index (χ0v) is 13.0. The van der Waals surface area contributed by atoms with Gasteiger partial charge in [-0.3, -0.25) is 9.48 Å². The van der Waals surface area contributed by atoms with Crippen molar-refractivity contribution >= 4 is 11.9 Å². The van der Waals surface area contributed by atoms with Crippen molar-refractivity contribution < 1.29 is 19.4 Å². The topological polar surface area (TPSA) is 93.5 Å². The molecular weight excluding hydrogens is 286 g/mol. The van der Waals surface area contributed by atoms with Crippen molar-refractivity contribution in [2.24, 2.45) is 13.0 Å². The molecule has 0 aliphatic carbocycles. The van der Waals surface area contributed by atoms with Crippen LogP contribution in [0.1, 0.15) is 44.4 Å². The zero-order valence-electron chi connectivity index (χ0n) is 13.0. The third kappa shape index (κ3) is 3.65. The molecule has 0 spiro atoms. The molecule has 1 aromatic heterocycles. The van der Waals surface area contributed by atoms with Crippen LogP contribution in [0, 0.1) is 5.92 Å². The van der Waals surface area contributed by atoms with Gasteiger partial charge in [-0.2, -0.15) is 5.10 Å². The zero-order chi connectivity index (χ0) is 16.1. The summed E-state index contributed by atoms with van der Waals surface area (Å²) in [5, 5.41) is 16.0. The summed E-state index contributed by atoms with van der Waals surface area (Å²) in [6, 6.07) is 0.989. The maximum absolute atomic E-state index is 12.5. The van der Waals surface area contributed by atoms with Crippen molar-refractivity contribution in [1.82, 2.24) is 15.1 Å². The van der Waals surface area contributed by atoms with Gasteiger partial charge in [0.15, 0.2) is 0 Å². The lowest BCUT2D eigenvalue weighted by atomic mass is 9.91. The normalized spacial score (nSPS) is 23.0. The van der Waals surface area contributed by atoms with Crippen LogP contribution in [0.4, 0.5) is 0 Å². The molecule has 1 aliphatic heterocycles. The van der Waals surface area contributed by atoms with Crippen LogP contribution in [0.15, 0.2) is 12.3 Å². The van der Waals surface area contributed by atoms with Gasteiger partial charge in [-0.05, 0) is 25.3 Å². The summed E-state index contributed by atoms with van der Waals surface area (Å²) in [6.07, 6.45) is 3.88. The Morgan fingerprint density at radius 2 is 2.36 bits per heavy atom. The summed E-state index contributed by atoms with van der Waals surface area (Å²) in [4.78, 5) is 23.7. The lowest BCUT2D eigenvalue weighted by Crippen LogP contribution is -2.46. The summed E-state index contributed by atoms with van der Waals surface area (Å²) in [5.41, 5.74) is 0.835. The van der Waals surface area contributed by atoms with E-state index < -0.39 is 12.0 Å². The SMILES string of the molecule is CCCC(NC(=O)[C@@H]1CCCO[C@H]1c1ccnn1C)C(=O)O. The van der Waals surface area contributed by atoms with Crippen LogP contribution in [0.2, 0.25) is 0 Å². The highest BCUT2D eigenvalue weighted by molar-refractivity contribution is 5.85. The molecule has 1 fully saturated rings. The highest BCUT2D eigenvalue weighted by Crippen LogP contribution is 2.33. The number of aryl methyl sites for hydroxylation is 1. The average Bonchev–Trinajstić information content (AvgIpc) is 2.92. The molecule has 0 saturated carbocycles. The van der Waals surface area contributed by atoms with Gasteiger partial charge in [0.2, 0.25) is 5.91 Å². The molecule has 3 atom stereocenters. The molecule has 2 N–H and O–H groups in total. The Hall–Kier alpha value is -1.89. The van der Waals surface area contributed by atoms with Gasteiger partial charge in [0.1, 0.15) is 12.1 Å². The lowest BCUT2D eigenvalue weighted by molar-refractivity contribution is -0.145. The molecule has 1 amide bonds. The Balaban J connectivity index is 2.11. The van der Waals surface area contributed by atoms with E-state index in [0.717, 1.165) is 12.1 Å². The van der Waals surface area contributed by atoms with E-state index in [1.807, 2.05) is 13.0 Å². The molecule has 7 heteroatoms. The smallest absolute Gasteiger partial charge is 0.326 e. The lowest BCUT2D eigenvalue weighted by Gasteiger charge is -2.31. The molecule has 0 radical (unpaired) electrons. The number of nitrogens with zero attached hydrogens (tertiary/aromatic N) is 2. The number of hydrogen-bond donors (Lipinski definition) is 2. The second kappa shape index (κ2) is 7.40. The number of carboxylic acids is 1. The first-order valence-corrected chi connectivity index (χ1v) is 7.67. The van der Waals surface area contributed by atoms with Crippen molar-refractivity contribution in [2.45, 2.75) is 44.8 Å². The largest absolute Gasteiger partial charge is 0.480 e. The first kappa shape index (κ1) is 16.5. The molecule has 1 saturated heterocycles. The van der Waals surface area contributed by atoms with Crippen LogP contribution < -0.4 is 5.32 Å². The molecule has 1 aromatic rings. The number of nitrogens with one attached hydrogen (secondary N) is 1. The summed E-state index contributed by atoms with van der Waals surface area (Å²) in [6.45, 7) is 2.49. The predicted molar refractivity (Wildman–Crippen MR) is 79.1 cm³/mol. The summed E-state index contributed by atoms with van der Waals surface area (Å²) in [5.74, 6) is -1.64. The van der Waals surface area contributed by atoms with Crippen molar-refractivity contribution in [2.75, 3.05) is 6.61 Å². The minimum atomic E-state index is -0.996. The average molecular weight is 309 g/mol. The minimum absolute atomic E-state index is 0.258. The van der Waals surface area contributed by atoms with Crippen LogP contribution >= 0.6 is 0 Å². The number of ether oxygens (including phenoxy) is 1. The van der Waals surface area contributed by atoms with Crippen LogP contribution in [-0.4, -0.2) is 39.4 Å². The summed E-state index contributed by atoms with van der Waals surface area (Å²) >= 11 is 0. The second-order valence-electron chi connectivity index (χ2n) is 5.61. The van der Waals surface area contributed by atoms with E-state index in [2.05, 4.69) is 10.4 Å². The van der Waals surface area contributed by atoms with E-state index >= 15 is 0 Å². The van der Waals surface area contributed by atoms with E-state index in [-0.39, 0.29) is 17.9 Å². The van der Waals surface area contributed by atoms with Crippen molar-refractivity contribution in [1.29, 1.82) is 0 Å². The number of carboxylic acid groups (broad SMARTS) is 1. The molecule has 7 nitrogen and oxygen atoms in total.